The molecule has 37 heavy (non-hydrogen) atoms. The predicted molar refractivity (Wildman–Crippen MR) is 149 cm³/mol. The van der Waals surface area contributed by atoms with E-state index in [1.807, 2.05) is 60.7 Å². The number of nitrogens with two attached hydrogens (primary N) is 2. The summed E-state index contributed by atoms with van der Waals surface area (Å²) in [5, 5.41) is 3.12. The summed E-state index contributed by atoms with van der Waals surface area (Å²) in [5.41, 5.74) is 17.5. The average molecular weight is 500 g/mol. The number of carbonyl (C=O) groups excluding carboxylic acids is 2. The van der Waals surface area contributed by atoms with E-state index < -0.39 is 5.92 Å². The minimum Gasteiger partial charge on any atom is -0.469 e. The normalized spacial score (nSPS) is 12.4. The number of esters is 1. The van der Waals surface area contributed by atoms with Crippen LogP contribution in [0.25, 0.3) is 16.8 Å². The first-order valence-corrected chi connectivity index (χ1v) is 12.7. The lowest BCUT2D eigenvalue weighted by Gasteiger charge is -2.27. The van der Waals surface area contributed by atoms with Crippen molar-refractivity contribution in [2.75, 3.05) is 7.11 Å². The van der Waals surface area contributed by atoms with Gasteiger partial charge in [-0.05, 0) is 64.9 Å². The molecule has 0 bridgehead atoms. The summed E-state index contributed by atoms with van der Waals surface area (Å²) in [7, 11) is 1.38. The minimum atomic E-state index is -0.542. The van der Waals surface area contributed by atoms with Gasteiger partial charge in [0.1, 0.15) is 0 Å². The lowest BCUT2D eigenvalue weighted by Crippen LogP contribution is -2.44. The summed E-state index contributed by atoms with van der Waals surface area (Å²) >= 11 is 0. The van der Waals surface area contributed by atoms with Gasteiger partial charge in [-0.3, -0.25) is 9.59 Å². The van der Waals surface area contributed by atoms with Gasteiger partial charge in [-0.15, -0.1) is 0 Å². The van der Waals surface area contributed by atoms with E-state index in [4.69, 9.17) is 16.2 Å². The van der Waals surface area contributed by atoms with Crippen LogP contribution in [0.1, 0.15) is 53.2 Å². The Labute approximate surface area is 219 Å². The van der Waals surface area contributed by atoms with Gasteiger partial charge >= 0.3 is 5.97 Å². The molecule has 0 saturated heterocycles. The van der Waals surface area contributed by atoms with Gasteiger partial charge in [0.15, 0.2) is 0 Å². The first-order chi connectivity index (χ1) is 17.9. The van der Waals surface area contributed by atoms with E-state index in [1.54, 1.807) is 12.1 Å². The topological polar surface area (TPSA) is 107 Å². The molecule has 3 aromatic carbocycles. The number of benzene rings is 3. The number of ether oxygens (including phenoxy) is 1. The smallest absolute Gasteiger partial charge is 0.311 e. The Hall–Kier alpha value is -3.90. The number of rotatable bonds is 12. The molecule has 0 aliphatic carbocycles. The molecule has 0 aliphatic rings. The number of nitrogens with one attached hydrogen (secondary N) is 1. The number of hydrogen-bond donors (Lipinski definition) is 3. The van der Waals surface area contributed by atoms with Gasteiger partial charge in [-0.1, -0.05) is 74.9 Å². The fourth-order valence-corrected chi connectivity index (χ4v) is 4.43. The van der Waals surface area contributed by atoms with Gasteiger partial charge in [-0.25, -0.2) is 0 Å². The molecule has 5 N–H and O–H groups in total. The van der Waals surface area contributed by atoms with E-state index >= 15 is 0 Å². The largest absolute Gasteiger partial charge is 0.469 e. The maximum Gasteiger partial charge on any atom is 0.311 e. The maximum absolute atomic E-state index is 13.3. The third kappa shape index (κ3) is 7.54. The molecule has 0 fully saturated rings. The third-order valence-electron chi connectivity index (χ3n) is 6.57. The van der Waals surface area contributed by atoms with E-state index in [0.29, 0.717) is 30.6 Å². The lowest BCUT2D eigenvalue weighted by molar-refractivity contribution is -0.146. The summed E-state index contributed by atoms with van der Waals surface area (Å²) in [6.45, 7) is 6.36. The predicted octanol–water partition coefficient (Wildman–Crippen LogP) is 5.06. The number of hydrogen-bond acceptors (Lipinski definition) is 5. The van der Waals surface area contributed by atoms with Crippen LogP contribution in [0.5, 0.6) is 0 Å². The Morgan fingerprint density at radius 2 is 1.65 bits per heavy atom. The molecule has 194 valence electrons. The molecular weight excluding hydrogens is 462 g/mol. The SMILES string of the molecule is C=C(N)c1cccc(CC(C(=O)OC)C(CCCC)NC(=O)c2ccc(-c3cccc(CN)c3)cc2)c1. The van der Waals surface area contributed by atoms with E-state index in [2.05, 4.69) is 18.8 Å². The molecule has 0 heterocycles. The summed E-state index contributed by atoms with van der Waals surface area (Å²) < 4.78 is 5.15. The van der Waals surface area contributed by atoms with Crippen LogP contribution in [0.15, 0.2) is 79.4 Å². The number of unbranched alkanes of at least 4 members (excludes halogenated alkanes) is 1. The third-order valence-corrected chi connectivity index (χ3v) is 6.57. The molecule has 0 aliphatic heterocycles. The maximum atomic E-state index is 13.3. The monoisotopic (exact) mass is 499 g/mol. The van der Waals surface area contributed by atoms with Crippen LogP contribution >= 0.6 is 0 Å². The van der Waals surface area contributed by atoms with Crippen LogP contribution in [-0.4, -0.2) is 25.0 Å². The van der Waals surface area contributed by atoms with Crippen LogP contribution in [0.2, 0.25) is 0 Å². The quantitative estimate of drug-likeness (QED) is 0.302. The molecule has 6 nitrogen and oxygen atoms in total. The first-order valence-electron chi connectivity index (χ1n) is 12.7. The van der Waals surface area contributed by atoms with Crippen molar-refractivity contribution in [1.29, 1.82) is 0 Å². The Morgan fingerprint density at radius 1 is 0.946 bits per heavy atom. The second-order valence-corrected chi connectivity index (χ2v) is 9.26. The zero-order valence-electron chi connectivity index (χ0n) is 21.7. The summed E-state index contributed by atoms with van der Waals surface area (Å²) in [5.74, 6) is -1.12. The number of amides is 1. The highest BCUT2D eigenvalue weighted by Gasteiger charge is 2.31. The van der Waals surface area contributed by atoms with Crippen molar-refractivity contribution < 1.29 is 14.3 Å². The number of methoxy groups -OCH3 is 1. The zero-order valence-corrected chi connectivity index (χ0v) is 21.7. The van der Waals surface area contributed by atoms with Crippen LogP contribution in [0, 0.1) is 5.92 Å². The van der Waals surface area contributed by atoms with Gasteiger partial charge < -0.3 is 21.5 Å². The van der Waals surface area contributed by atoms with Crippen molar-refractivity contribution in [3.8, 4) is 11.1 Å². The van der Waals surface area contributed by atoms with E-state index in [0.717, 1.165) is 40.7 Å². The molecule has 3 aromatic rings. The van der Waals surface area contributed by atoms with Crippen molar-refractivity contribution >= 4 is 17.6 Å². The molecule has 0 aromatic heterocycles. The van der Waals surface area contributed by atoms with Crippen molar-refractivity contribution in [2.24, 2.45) is 17.4 Å². The molecular formula is C31H37N3O3. The first kappa shape index (κ1) is 27.7. The van der Waals surface area contributed by atoms with Crippen molar-refractivity contribution in [1.82, 2.24) is 5.32 Å². The molecule has 2 unspecified atom stereocenters. The Bertz CT molecular complexity index is 1220. The minimum absolute atomic E-state index is 0.221. The summed E-state index contributed by atoms with van der Waals surface area (Å²) in [6.07, 6.45) is 2.89. The fourth-order valence-electron chi connectivity index (χ4n) is 4.43. The van der Waals surface area contributed by atoms with Crippen LogP contribution in [-0.2, 0) is 22.5 Å². The summed E-state index contributed by atoms with van der Waals surface area (Å²) in [6, 6.07) is 22.7. The van der Waals surface area contributed by atoms with E-state index in [-0.39, 0.29) is 17.9 Å². The number of carbonyl (C=O) groups is 2. The van der Waals surface area contributed by atoms with E-state index in [9.17, 15) is 9.59 Å². The van der Waals surface area contributed by atoms with Crippen LogP contribution in [0.3, 0.4) is 0 Å². The van der Waals surface area contributed by atoms with Gasteiger partial charge in [0, 0.05) is 23.8 Å². The standard InChI is InChI=1S/C31H37N3O3/c1-4-5-12-29(28(31(36)37-3)19-22-8-6-10-26(17-22)21(2)33)34-30(35)25-15-13-24(14-16-25)27-11-7-9-23(18-27)20-32/h6-11,13-18,28-29H,2,4-5,12,19-20,32-33H2,1,3H3,(H,34,35). The Balaban J connectivity index is 1.82. The molecule has 0 radical (unpaired) electrons. The highest BCUT2D eigenvalue weighted by atomic mass is 16.5. The fraction of sp³-hybridized carbons (Fsp3) is 0.290. The zero-order chi connectivity index (χ0) is 26.8. The van der Waals surface area contributed by atoms with Gasteiger partial charge in [-0.2, -0.15) is 0 Å². The lowest BCUT2D eigenvalue weighted by atomic mass is 9.88. The second-order valence-electron chi connectivity index (χ2n) is 9.26. The van der Waals surface area contributed by atoms with Crippen molar-refractivity contribution in [2.45, 2.75) is 45.2 Å². The van der Waals surface area contributed by atoms with Gasteiger partial charge in [0.25, 0.3) is 5.91 Å². The highest BCUT2D eigenvalue weighted by molar-refractivity contribution is 5.95. The van der Waals surface area contributed by atoms with Crippen LogP contribution < -0.4 is 16.8 Å². The average Bonchev–Trinajstić information content (AvgIpc) is 2.93. The molecule has 1 amide bonds. The second kappa shape index (κ2) is 13.4. The van der Waals surface area contributed by atoms with Gasteiger partial charge in [0.2, 0.25) is 0 Å². The van der Waals surface area contributed by atoms with Crippen LogP contribution in [0.4, 0.5) is 0 Å². The van der Waals surface area contributed by atoms with Crippen molar-refractivity contribution in [3.63, 3.8) is 0 Å². The molecule has 0 saturated carbocycles. The molecule has 6 heteroatoms. The highest BCUT2D eigenvalue weighted by Crippen LogP contribution is 2.23. The molecule has 2 atom stereocenters. The van der Waals surface area contributed by atoms with E-state index in [1.165, 1.54) is 7.11 Å². The Morgan fingerprint density at radius 3 is 2.30 bits per heavy atom. The van der Waals surface area contributed by atoms with Gasteiger partial charge in [0.05, 0.1) is 13.0 Å². The molecule has 3 rings (SSSR count). The Kier molecular flexibility index (Phi) is 10.0. The summed E-state index contributed by atoms with van der Waals surface area (Å²) in [4.78, 5) is 26.2. The molecule has 0 spiro atoms. The van der Waals surface area contributed by atoms with Crippen molar-refractivity contribution in [3.05, 3.63) is 102 Å².